The van der Waals surface area contributed by atoms with Gasteiger partial charge in [0, 0.05) is 23.6 Å². The van der Waals surface area contributed by atoms with Crippen molar-refractivity contribution in [2.45, 2.75) is 33.2 Å². The maximum absolute atomic E-state index is 12.0. The molecule has 136 valence electrons. The third kappa shape index (κ3) is 6.45. The number of carbonyl (C=O) groups excluding carboxylic acids is 2. The largest absolute Gasteiger partial charge is 0.326 e. The van der Waals surface area contributed by atoms with E-state index in [0.29, 0.717) is 17.5 Å². The maximum atomic E-state index is 12.0. The van der Waals surface area contributed by atoms with Gasteiger partial charge in [0.05, 0.1) is 11.7 Å². The Bertz CT molecular complexity index is 716. The molecule has 1 aromatic carbocycles. The number of hydrogen-bond acceptors (Lipinski definition) is 5. The summed E-state index contributed by atoms with van der Waals surface area (Å²) >= 11 is 1.36. The average Bonchev–Trinajstić information content (AvgIpc) is 2.95. The first-order valence-electron chi connectivity index (χ1n) is 7.75. The summed E-state index contributed by atoms with van der Waals surface area (Å²) in [5, 5.41) is 7.88. The number of aromatic nitrogens is 1. The predicted molar refractivity (Wildman–Crippen MR) is 105 cm³/mol. The van der Waals surface area contributed by atoms with Gasteiger partial charge in [0.25, 0.3) is 0 Å². The molecule has 0 aliphatic carbocycles. The summed E-state index contributed by atoms with van der Waals surface area (Å²) in [6, 6.07) is 6.83. The molecule has 4 N–H and O–H groups in total. The smallest absolute Gasteiger partial charge is 0.243 e. The number of nitrogens with zero attached hydrogens (tertiary/aromatic N) is 1. The average molecular weight is 383 g/mol. The number of halogens is 1. The zero-order valence-corrected chi connectivity index (χ0v) is 16.0. The molecular formula is C17H23ClN4O2S. The van der Waals surface area contributed by atoms with Crippen LogP contribution in [-0.2, 0) is 9.59 Å². The van der Waals surface area contributed by atoms with Gasteiger partial charge >= 0.3 is 0 Å². The molecule has 1 aromatic heterocycles. The van der Waals surface area contributed by atoms with Crippen molar-refractivity contribution >= 4 is 46.4 Å². The van der Waals surface area contributed by atoms with Crippen molar-refractivity contribution in [2.24, 2.45) is 11.7 Å². The second kappa shape index (κ2) is 9.50. The minimum atomic E-state index is -0.533. The molecule has 25 heavy (non-hydrogen) atoms. The highest BCUT2D eigenvalue weighted by molar-refractivity contribution is 7.14. The molecular weight excluding hydrogens is 360 g/mol. The van der Waals surface area contributed by atoms with Crippen LogP contribution >= 0.6 is 23.7 Å². The number of anilines is 2. The number of benzene rings is 1. The predicted octanol–water partition coefficient (Wildman–Crippen LogP) is 3.50. The number of amides is 2. The summed E-state index contributed by atoms with van der Waals surface area (Å²) in [5.74, 6) is 0.0319. The van der Waals surface area contributed by atoms with Gasteiger partial charge in [-0.15, -0.1) is 23.7 Å². The van der Waals surface area contributed by atoms with Crippen molar-refractivity contribution in [2.75, 3.05) is 10.6 Å². The Balaban J connectivity index is 0.00000312. The normalized spacial score (nSPS) is 11.6. The first kappa shape index (κ1) is 21.1. The van der Waals surface area contributed by atoms with E-state index in [1.165, 1.54) is 18.3 Å². The number of rotatable bonds is 6. The first-order valence-corrected chi connectivity index (χ1v) is 8.63. The van der Waals surface area contributed by atoms with Gasteiger partial charge < -0.3 is 16.4 Å². The van der Waals surface area contributed by atoms with Gasteiger partial charge in [-0.25, -0.2) is 4.98 Å². The van der Waals surface area contributed by atoms with Crippen LogP contribution in [0.15, 0.2) is 29.6 Å². The van der Waals surface area contributed by atoms with Gasteiger partial charge in [-0.1, -0.05) is 26.0 Å². The first-order chi connectivity index (χ1) is 11.3. The lowest BCUT2D eigenvalue weighted by molar-refractivity contribution is -0.117. The summed E-state index contributed by atoms with van der Waals surface area (Å²) < 4.78 is 0. The van der Waals surface area contributed by atoms with Crippen LogP contribution in [0.5, 0.6) is 0 Å². The molecule has 0 aliphatic rings. The highest BCUT2D eigenvalue weighted by atomic mass is 35.5. The maximum Gasteiger partial charge on any atom is 0.243 e. The molecule has 2 rings (SSSR count). The number of hydrogen-bond donors (Lipinski definition) is 3. The summed E-state index contributed by atoms with van der Waals surface area (Å²) in [7, 11) is 0. The molecule has 1 heterocycles. The van der Waals surface area contributed by atoms with Crippen molar-refractivity contribution in [3.8, 4) is 11.3 Å². The Kier molecular flexibility index (Phi) is 8.02. The number of thiazole rings is 1. The highest BCUT2D eigenvalue weighted by Gasteiger charge is 2.16. The Morgan fingerprint density at radius 3 is 2.40 bits per heavy atom. The molecule has 6 nitrogen and oxygen atoms in total. The summed E-state index contributed by atoms with van der Waals surface area (Å²) in [5.41, 5.74) is 8.28. The minimum Gasteiger partial charge on any atom is -0.326 e. The fourth-order valence-corrected chi connectivity index (χ4v) is 2.93. The van der Waals surface area contributed by atoms with E-state index >= 15 is 0 Å². The Morgan fingerprint density at radius 1 is 1.20 bits per heavy atom. The van der Waals surface area contributed by atoms with Crippen molar-refractivity contribution in [1.29, 1.82) is 0 Å². The van der Waals surface area contributed by atoms with E-state index in [1.54, 1.807) is 0 Å². The fraction of sp³-hybridized carbons (Fsp3) is 0.353. The number of nitrogens with two attached hydrogens (primary N) is 1. The Labute approximate surface area is 157 Å². The number of nitrogens with one attached hydrogen (secondary N) is 2. The molecule has 2 aromatic rings. The van der Waals surface area contributed by atoms with Crippen molar-refractivity contribution < 1.29 is 9.59 Å². The molecule has 0 spiro atoms. The van der Waals surface area contributed by atoms with Crippen LogP contribution in [0.2, 0.25) is 0 Å². The summed E-state index contributed by atoms with van der Waals surface area (Å²) in [6.45, 7) is 5.52. The lowest BCUT2D eigenvalue weighted by Crippen LogP contribution is -2.36. The fourth-order valence-electron chi connectivity index (χ4n) is 2.20. The van der Waals surface area contributed by atoms with E-state index in [2.05, 4.69) is 15.6 Å². The minimum absolute atomic E-state index is 0. The van der Waals surface area contributed by atoms with Crippen LogP contribution < -0.4 is 16.4 Å². The van der Waals surface area contributed by atoms with Crippen molar-refractivity contribution in [3.63, 3.8) is 0 Å². The van der Waals surface area contributed by atoms with Crippen molar-refractivity contribution in [1.82, 2.24) is 4.98 Å². The quantitative estimate of drug-likeness (QED) is 0.712. The third-order valence-corrected chi connectivity index (χ3v) is 4.06. The van der Waals surface area contributed by atoms with Crippen molar-refractivity contribution in [3.05, 3.63) is 29.6 Å². The standard InChI is InChI=1S/C17H22N4O2S.ClH/c1-10(2)8-14(18)16(23)21-17-20-15(9-24-17)12-4-6-13(7-5-12)19-11(3)22;/h4-7,9-10,14H,8,18H2,1-3H3,(H,19,22)(H,20,21,23);1H/t14-;/m0./s1. The van der Waals surface area contributed by atoms with Gasteiger partial charge in [0.2, 0.25) is 11.8 Å². The molecule has 0 fully saturated rings. The highest BCUT2D eigenvalue weighted by Crippen LogP contribution is 2.26. The summed E-state index contributed by atoms with van der Waals surface area (Å²) in [4.78, 5) is 27.5. The van der Waals surface area contributed by atoms with Gasteiger partial charge in [-0.2, -0.15) is 0 Å². The van der Waals surface area contributed by atoms with Crippen LogP contribution in [0.3, 0.4) is 0 Å². The van der Waals surface area contributed by atoms with Gasteiger partial charge in [-0.05, 0) is 24.5 Å². The zero-order valence-electron chi connectivity index (χ0n) is 14.4. The molecule has 0 unspecified atom stereocenters. The second-order valence-electron chi connectivity index (χ2n) is 6.02. The van der Waals surface area contributed by atoms with Crippen LogP contribution in [0.4, 0.5) is 10.8 Å². The van der Waals surface area contributed by atoms with Gasteiger partial charge in [0.15, 0.2) is 5.13 Å². The topological polar surface area (TPSA) is 97.1 Å². The van der Waals surface area contributed by atoms with Crippen LogP contribution in [0, 0.1) is 5.92 Å². The van der Waals surface area contributed by atoms with E-state index in [4.69, 9.17) is 5.73 Å². The monoisotopic (exact) mass is 382 g/mol. The molecule has 1 atom stereocenters. The molecule has 0 saturated carbocycles. The van der Waals surface area contributed by atoms with E-state index in [1.807, 2.05) is 43.5 Å². The molecule has 2 amide bonds. The molecule has 0 bridgehead atoms. The van der Waals surface area contributed by atoms with E-state index in [-0.39, 0.29) is 24.2 Å². The summed E-state index contributed by atoms with van der Waals surface area (Å²) in [6.07, 6.45) is 0.634. The lowest BCUT2D eigenvalue weighted by Gasteiger charge is -2.12. The molecule has 0 saturated heterocycles. The Morgan fingerprint density at radius 2 is 1.84 bits per heavy atom. The zero-order chi connectivity index (χ0) is 17.7. The van der Waals surface area contributed by atoms with Gasteiger partial charge in [0.1, 0.15) is 0 Å². The molecule has 0 radical (unpaired) electrons. The third-order valence-electron chi connectivity index (χ3n) is 3.30. The lowest BCUT2D eigenvalue weighted by atomic mass is 10.0. The Hall–Kier alpha value is -1.96. The van der Waals surface area contributed by atoms with Gasteiger partial charge in [-0.3, -0.25) is 9.59 Å². The SMILES string of the molecule is CC(=O)Nc1ccc(-c2csc(NC(=O)[C@@H](N)CC(C)C)n2)cc1.Cl. The second-order valence-corrected chi connectivity index (χ2v) is 6.88. The van der Waals surface area contributed by atoms with Crippen LogP contribution in [0.25, 0.3) is 11.3 Å². The van der Waals surface area contributed by atoms with E-state index in [0.717, 1.165) is 16.9 Å². The number of carbonyl (C=O) groups is 2. The van der Waals surface area contributed by atoms with E-state index < -0.39 is 6.04 Å². The van der Waals surface area contributed by atoms with Crippen LogP contribution in [0.1, 0.15) is 27.2 Å². The molecule has 8 heteroatoms. The van der Waals surface area contributed by atoms with Crippen LogP contribution in [-0.4, -0.2) is 22.8 Å². The van der Waals surface area contributed by atoms with E-state index in [9.17, 15) is 9.59 Å². The molecule has 0 aliphatic heterocycles.